The lowest BCUT2D eigenvalue weighted by molar-refractivity contribution is -0.135. The normalized spacial score (nSPS) is 14.5. The molecule has 0 spiro atoms. The maximum atomic E-state index is 11.7. The van der Waals surface area contributed by atoms with Gasteiger partial charge < -0.3 is 10.6 Å². The van der Waals surface area contributed by atoms with Crippen LogP contribution in [0.25, 0.3) is 0 Å². The van der Waals surface area contributed by atoms with Crippen LogP contribution in [0.4, 0.5) is 0 Å². The summed E-state index contributed by atoms with van der Waals surface area (Å²) in [7, 11) is 1.79. The predicted molar refractivity (Wildman–Crippen MR) is 55.3 cm³/mol. The average molecular weight is 186 g/mol. The Balaban J connectivity index is 4.44. The summed E-state index contributed by atoms with van der Waals surface area (Å²) < 4.78 is 0. The van der Waals surface area contributed by atoms with Crippen LogP contribution in [0.3, 0.4) is 0 Å². The smallest absolute Gasteiger partial charge is 0.239 e. The fourth-order valence-corrected chi connectivity index (χ4v) is 0.844. The summed E-state index contributed by atoms with van der Waals surface area (Å²) in [6.07, 6.45) is 0. The van der Waals surface area contributed by atoms with Gasteiger partial charge >= 0.3 is 0 Å². The van der Waals surface area contributed by atoms with E-state index in [1.165, 1.54) is 0 Å². The molecule has 0 aromatic heterocycles. The van der Waals surface area contributed by atoms with Gasteiger partial charge in [-0.15, -0.1) is 0 Å². The van der Waals surface area contributed by atoms with Crippen molar-refractivity contribution in [3.63, 3.8) is 0 Å². The van der Waals surface area contributed by atoms with Crippen LogP contribution in [0.2, 0.25) is 0 Å². The number of carbonyl (C=O) groups excluding carboxylic acids is 1. The number of amides is 1. The summed E-state index contributed by atoms with van der Waals surface area (Å²) >= 11 is 0. The fourth-order valence-electron chi connectivity index (χ4n) is 0.844. The lowest BCUT2D eigenvalue weighted by atomic mass is 9.86. The third-order valence-electron chi connectivity index (χ3n) is 2.32. The molecule has 0 bridgehead atoms. The largest absolute Gasteiger partial charge is 0.342 e. The van der Waals surface area contributed by atoms with E-state index in [2.05, 4.69) is 0 Å². The van der Waals surface area contributed by atoms with Crippen molar-refractivity contribution in [3.8, 4) is 0 Å². The monoisotopic (exact) mass is 186 g/mol. The molecule has 0 aliphatic rings. The summed E-state index contributed by atoms with van der Waals surface area (Å²) in [4.78, 5) is 13.4. The molecule has 0 rings (SSSR count). The topological polar surface area (TPSA) is 46.3 Å². The van der Waals surface area contributed by atoms with Crippen molar-refractivity contribution in [3.05, 3.63) is 0 Å². The predicted octanol–water partition coefficient (Wildman–Crippen LogP) is 1.23. The third kappa shape index (κ3) is 3.35. The molecule has 0 unspecified atom stereocenters. The first-order chi connectivity index (χ1) is 5.68. The number of hydrogen-bond donors (Lipinski definition) is 1. The fraction of sp³-hybridized carbons (Fsp3) is 0.900. The zero-order valence-electron chi connectivity index (χ0n) is 9.59. The number of nitrogens with zero attached hydrogens (tertiary/aromatic N) is 1. The molecule has 0 saturated heterocycles. The van der Waals surface area contributed by atoms with E-state index in [9.17, 15) is 4.79 Å². The van der Waals surface area contributed by atoms with E-state index in [4.69, 9.17) is 5.73 Å². The highest BCUT2D eigenvalue weighted by atomic mass is 16.2. The zero-order chi connectivity index (χ0) is 10.8. The van der Waals surface area contributed by atoms with E-state index in [0.717, 1.165) is 0 Å². The Hall–Kier alpha value is -0.570. The van der Waals surface area contributed by atoms with Crippen LogP contribution in [0.1, 0.15) is 34.6 Å². The average Bonchev–Trinajstić information content (AvgIpc) is 1.98. The van der Waals surface area contributed by atoms with Gasteiger partial charge in [0.15, 0.2) is 0 Å². The molecular formula is C10H22N2O. The summed E-state index contributed by atoms with van der Waals surface area (Å²) in [5.74, 6) is 0.0162. The molecule has 2 N–H and O–H groups in total. The molecule has 0 aromatic rings. The number of rotatable bonds is 2. The van der Waals surface area contributed by atoms with Crippen molar-refractivity contribution in [2.45, 2.75) is 46.7 Å². The van der Waals surface area contributed by atoms with Gasteiger partial charge in [0.1, 0.15) is 0 Å². The Kier molecular flexibility index (Phi) is 3.91. The standard InChI is InChI=1S/C10H22N2O/c1-7(2)12(6)9(13)8(11)10(3,4)5/h7-8H,11H2,1-6H3/t8-/m1/s1. The molecule has 78 valence electrons. The summed E-state index contributed by atoms with van der Waals surface area (Å²) in [5.41, 5.74) is 5.68. The Bertz CT molecular complexity index is 182. The van der Waals surface area contributed by atoms with Crippen molar-refractivity contribution in [2.24, 2.45) is 11.1 Å². The van der Waals surface area contributed by atoms with E-state index < -0.39 is 6.04 Å². The Morgan fingerprint density at radius 1 is 1.31 bits per heavy atom. The molecule has 0 aromatic carbocycles. The second kappa shape index (κ2) is 4.09. The molecule has 3 nitrogen and oxygen atoms in total. The lowest BCUT2D eigenvalue weighted by Gasteiger charge is -2.31. The molecule has 0 aliphatic carbocycles. The number of hydrogen-bond acceptors (Lipinski definition) is 2. The molecule has 0 heterocycles. The molecule has 1 atom stereocenters. The second-order valence-corrected chi connectivity index (χ2v) is 4.89. The van der Waals surface area contributed by atoms with Crippen molar-refractivity contribution in [1.29, 1.82) is 0 Å². The van der Waals surface area contributed by atoms with Crippen LogP contribution >= 0.6 is 0 Å². The second-order valence-electron chi connectivity index (χ2n) is 4.89. The third-order valence-corrected chi connectivity index (χ3v) is 2.32. The number of carbonyl (C=O) groups is 1. The lowest BCUT2D eigenvalue weighted by Crippen LogP contribution is -2.50. The van der Waals surface area contributed by atoms with Gasteiger partial charge in [-0.3, -0.25) is 4.79 Å². The SMILES string of the molecule is CC(C)N(C)C(=O)[C@@H](N)C(C)(C)C. The molecule has 3 heteroatoms. The highest BCUT2D eigenvalue weighted by Crippen LogP contribution is 2.19. The van der Waals surface area contributed by atoms with Gasteiger partial charge in [0.2, 0.25) is 5.91 Å². The maximum absolute atomic E-state index is 11.7. The Labute approximate surface area is 81.3 Å². The van der Waals surface area contributed by atoms with Gasteiger partial charge in [0.05, 0.1) is 6.04 Å². The quantitative estimate of drug-likeness (QED) is 0.705. The first-order valence-electron chi connectivity index (χ1n) is 4.70. The van der Waals surface area contributed by atoms with E-state index in [-0.39, 0.29) is 17.4 Å². The van der Waals surface area contributed by atoms with Crippen LogP contribution < -0.4 is 5.73 Å². The van der Waals surface area contributed by atoms with Crippen molar-refractivity contribution in [1.82, 2.24) is 4.90 Å². The van der Waals surface area contributed by atoms with Gasteiger partial charge in [-0.05, 0) is 19.3 Å². The minimum atomic E-state index is -0.417. The molecule has 1 amide bonds. The van der Waals surface area contributed by atoms with E-state index >= 15 is 0 Å². The number of likely N-dealkylation sites (N-methyl/N-ethyl adjacent to an activating group) is 1. The van der Waals surface area contributed by atoms with Gasteiger partial charge in [0.25, 0.3) is 0 Å². The molecule has 0 saturated carbocycles. The van der Waals surface area contributed by atoms with E-state index in [1.54, 1.807) is 11.9 Å². The summed E-state index contributed by atoms with van der Waals surface area (Å²) in [6.45, 7) is 9.89. The minimum absolute atomic E-state index is 0.0162. The number of nitrogens with two attached hydrogens (primary N) is 1. The van der Waals surface area contributed by atoms with Crippen molar-refractivity contribution >= 4 is 5.91 Å². The van der Waals surface area contributed by atoms with Gasteiger partial charge in [-0.25, -0.2) is 0 Å². The van der Waals surface area contributed by atoms with Crippen molar-refractivity contribution < 1.29 is 4.79 Å². The van der Waals surface area contributed by atoms with Crippen LogP contribution in [0, 0.1) is 5.41 Å². The first-order valence-corrected chi connectivity index (χ1v) is 4.70. The molecule has 0 radical (unpaired) electrons. The van der Waals surface area contributed by atoms with Crippen LogP contribution in [-0.2, 0) is 4.79 Å². The highest BCUT2D eigenvalue weighted by Gasteiger charge is 2.30. The van der Waals surface area contributed by atoms with Gasteiger partial charge in [-0.1, -0.05) is 20.8 Å². The van der Waals surface area contributed by atoms with Crippen LogP contribution in [0.5, 0.6) is 0 Å². The molecular weight excluding hydrogens is 164 g/mol. The molecule has 0 aliphatic heterocycles. The van der Waals surface area contributed by atoms with Gasteiger partial charge in [-0.2, -0.15) is 0 Å². The zero-order valence-corrected chi connectivity index (χ0v) is 9.59. The maximum Gasteiger partial charge on any atom is 0.239 e. The minimum Gasteiger partial charge on any atom is -0.342 e. The summed E-state index contributed by atoms with van der Waals surface area (Å²) in [6, 6.07) is -0.208. The molecule has 13 heavy (non-hydrogen) atoms. The summed E-state index contributed by atoms with van der Waals surface area (Å²) in [5, 5.41) is 0. The highest BCUT2D eigenvalue weighted by molar-refractivity contribution is 5.82. The van der Waals surface area contributed by atoms with Crippen LogP contribution in [0.15, 0.2) is 0 Å². The van der Waals surface area contributed by atoms with Crippen LogP contribution in [-0.4, -0.2) is 29.9 Å². The van der Waals surface area contributed by atoms with Crippen molar-refractivity contribution in [2.75, 3.05) is 7.05 Å². The Morgan fingerprint density at radius 2 is 1.69 bits per heavy atom. The molecule has 0 fully saturated rings. The van der Waals surface area contributed by atoms with Gasteiger partial charge in [0, 0.05) is 13.1 Å². The van der Waals surface area contributed by atoms with E-state index in [0.29, 0.717) is 0 Å². The Morgan fingerprint density at radius 3 is 1.92 bits per heavy atom. The first kappa shape index (κ1) is 12.4. The van der Waals surface area contributed by atoms with E-state index in [1.807, 2.05) is 34.6 Å².